The molecule has 0 amide bonds. The van der Waals surface area contributed by atoms with Crippen LogP contribution in [0.5, 0.6) is 5.75 Å². The summed E-state index contributed by atoms with van der Waals surface area (Å²) in [6.45, 7) is 0.472. The highest BCUT2D eigenvalue weighted by molar-refractivity contribution is 6.25. The van der Waals surface area contributed by atoms with Crippen LogP contribution in [0.4, 0.5) is 0 Å². The van der Waals surface area contributed by atoms with E-state index in [4.69, 9.17) is 21.1 Å². The van der Waals surface area contributed by atoms with Crippen LogP contribution in [0.3, 0.4) is 0 Å². The first-order chi connectivity index (χ1) is 11.7. The summed E-state index contributed by atoms with van der Waals surface area (Å²) in [4.78, 5) is 11.9. The first-order valence-electron chi connectivity index (χ1n) is 7.88. The van der Waals surface area contributed by atoms with E-state index in [1.54, 1.807) is 11.6 Å². The van der Waals surface area contributed by atoms with Gasteiger partial charge in [0, 0.05) is 5.54 Å². The summed E-state index contributed by atoms with van der Waals surface area (Å²) in [5.41, 5.74) is 5.46. The van der Waals surface area contributed by atoms with Gasteiger partial charge in [0.2, 0.25) is 0 Å². The Hall–Kier alpha value is -2.26. The normalized spacial score (nSPS) is 18.4. The van der Waals surface area contributed by atoms with Crippen molar-refractivity contribution in [3.8, 4) is 5.75 Å². The predicted molar refractivity (Wildman–Crippen MR) is 94.7 cm³/mol. The molecule has 24 heavy (non-hydrogen) atoms. The van der Waals surface area contributed by atoms with Gasteiger partial charge >= 0.3 is 5.97 Å². The van der Waals surface area contributed by atoms with Crippen LogP contribution in [0.15, 0.2) is 59.6 Å². The number of ether oxygens (including phenoxy) is 2. The topological polar surface area (TPSA) is 35.5 Å². The molecule has 0 bridgehead atoms. The number of rotatable bonds is 3. The highest BCUT2D eigenvalue weighted by Crippen LogP contribution is 2.38. The average Bonchev–Trinajstić information content (AvgIpc) is 2.81. The zero-order valence-corrected chi connectivity index (χ0v) is 14.3. The minimum Gasteiger partial charge on any atom is -0.489 e. The highest BCUT2D eigenvalue weighted by Gasteiger charge is 2.24. The number of fused-ring (bicyclic) bond motifs is 1. The second-order valence-electron chi connectivity index (χ2n) is 5.89. The number of esters is 1. The first-order valence-corrected chi connectivity index (χ1v) is 8.32. The Balaban J connectivity index is 2.00. The second kappa shape index (κ2) is 7.54. The van der Waals surface area contributed by atoms with E-state index in [1.807, 2.05) is 30.3 Å². The van der Waals surface area contributed by atoms with E-state index >= 15 is 0 Å². The van der Waals surface area contributed by atoms with Crippen LogP contribution in [0.2, 0.25) is 0 Å². The van der Waals surface area contributed by atoms with Crippen LogP contribution >= 0.6 is 11.6 Å². The second-order valence-corrected chi connectivity index (χ2v) is 6.11. The average molecular weight is 343 g/mol. The fourth-order valence-electron chi connectivity index (χ4n) is 3.06. The maximum atomic E-state index is 11.9. The van der Waals surface area contributed by atoms with E-state index in [0.29, 0.717) is 12.2 Å². The van der Waals surface area contributed by atoms with Crippen molar-refractivity contribution in [2.75, 3.05) is 13.7 Å². The Morgan fingerprint density at radius 2 is 2.08 bits per heavy atom. The summed E-state index contributed by atoms with van der Waals surface area (Å²) in [5, 5.41) is 0. The summed E-state index contributed by atoms with van der Waals surface area (Å²) in [6, 6.07) is 15.8. The van der Waals surface area contributed by atoms with Gasteiger partial charge in [0.25, 0.3) is 0 Å². The van der Waals surface area contributed by atoms with E-state index in [9.17, 15) is 4.79 Å². The molecule has 4 heteroatoms. The number of benzene rings is 2. The number of halogens is 1. The minimum absolute atomic E-state index is 0.194. The molecule has 1 heterocycles. The van der Waals surface area contributed by atoms with E-state index in [0.717, 1.165) is 29.7 Å². The summed E-state index contributed by atoms with van der Waals surface area (Å²) in [7, 11) is 1.39. The van der Waals surface area contributed by atoms with Gasteiger partial charge in [0.05, 0.1) is 12.7 Å². The van der Waals surface area contributed by atoms with Gasteiger partial charge in [-0.25, -0.2) is 4.79 Å². The lowest BCUT2D eigenvalue weighted by molar-refractivity contribution is 0.0600. The molecule has 0 aromatic heterocycles. The van der Waals surface area contributed by atoms with Gasteiger partial charge in [-0.05, 0) is 53.7 Å². The molecule has 0 spiro atoms. The maximum Gasteiger partial charge on any atom is 0.337 e. The standard InChI is InChI=1S/C20H19ClO3/c1-23-20(22)16-7-8-19-18(11-16)17(10-15(12-21)13-24-19)9-14-5-3-2-4-6-14/h2-8,11-12,17H,9-10,13H2,1H3/b15-12-. The van der Waals surface area contributed by atoms with Crippen molar-refractivity contribution in [1.29, 1.82) is 0 Å². The molecule has 2 aromatic carbocycles. The Morgan fingerprint density at radius 3 is 2.79 bits per heavy atom. The zero-order valence-electron chi connectivity index (χ0n) is 13.5. The van der Waals surface area contributed by atoms with Gasteiger partial charge in [-0.3, -0.25) is 0 Å². The van der Waals surface area contributed by atoms with Crippen molar-refractivity contribution < 1.29 is 14.3 Å². The van der Waals surface area contributed by atoms with Crippen molar-refractivity contribution >= 4 is 17.6 Å². The molecule has 0 saturated heterocycles. The minimum atomic E-state index is -0.339. The summed E-state index contributed by atoms with van der Waals surface area (Å²) in [6.07, 6.45) is 1.66. The van der Waals surface area contributed by atoms with Crippen LogP contribution in [0.1, 0.15) is 33.8 Å². The number of carbonyl (C=O) groups excluding carboxylic acids is 1. The van der Waals surface area contributed by atoms with Crippen LogP contribution in [0.25, 0.3) is 0 Å². The third kappa shape index (κ3) is 3.62. The van der Waals surface area contributed by atoms with E-state index in [1.165, 1.54) is 12.7 Å². The molecule has 124 valence electrons. The zero-order chi connectivity index (χ0) is 16.9. The van der Waals surface area contributed by atoms with Crippen molar-refractivity contribution in [3.05, 3.63) is 76.3 Å². The SMILES string of the molecule is COC(=O)c1ccc2c(c1)C(Cc1ccccc1)C/C(=C/Cl)CO2. The van der Waals surface area contributed by atoms with Crippen LogP contribution in [-0.2, 0) is 11.2 Å². The molecule has 2 aromatic rings. The van der Waals surface area contributed by atoms with E-state index < -0.39 is 0 Å². The number of methoxy groups -OCH3 is 1. The Bertz CT molecular complexity index is 753. The molecule has 1 unspecified atom stereocenters. The molecule has 0 aliphatic carbocycles. The predicted octanol–water partition coefficient (Wildman–Crippen LogP) is 4.70. The first kappa shape index (κ1) is 16.6. The molecule has 0 radical (unpaired) electrons. The molecule has 3 rings (SSSR count). The van der Waals surface area contributed by atoms with Crippen molar-refractivity contribution in [3.63, 3.8) is 0 Å². The molecular formula is C20H19ClO3. The monoisotopic (exact) mass is 342 g/mol. The fraction of sp³-hybridized carbons (Fsp3) is 0.250. The molecule has 1 atom stereocenters. The van der Waals surface area contributed by atoms with Crippen molar-refractivity contribution in [2.24, 2.45) is 0 Å². The van der Waals surface area contributed by atoms with Gasteiger partial charge in [0.1, 0.15) is 12.4 Å². The summed E-state index contributed by atoms with van der Waals surface area (Å²) < 4.78 is 10.7. The van der Waals surface area contributed by atoms with Crippen LogP contribution in [0, 0.1) is 0 Å². The maximum absolute atomic E-state index is 11.9. The van der Waals surface area contributed by atoms with E-state index in [-0.39, 0.29) is 11.9 Å². The lowest BCUT2D eigenvalue weighted by Crippen LogP contribution is -2.07. The van der Waals surface area contributed by atoms with Gasteiger partial charge in [-0.15, -0.1) is 0 Å². The number of hydrogen-bond acceptors (Lipinski definition) is 3. The quantitative estimate of drug-likeness (QED) is 0.758. The molecule has 0 saturated carbocycles. The molecule has 3 nitrogen and oxygen atoms in total. The largest absolute Gasteiger partial charge is 0.489 e. The third-order valence-electron chi connectivity index (χ3n) is 4.27. The Morgan fingerprint density at radius 1 is 1.29 bits per heavy atom. The van der Waals surface area contributed by atoms with Crippen LogP contribution < -0.4 is 4.74 Å². The lowest BCUT2D eigenvalue weighted by Gasteiger charge is -2.18. The summed E-state index contributed by atoms with van der Waals surface area (Å²) >= 11 is 5.95. The molecular weight excluding hydrogens is 324 g/mol. The number of carbonyl (C=O) groups is 1. The Kier molecular flexibility index (Phi) is 5.21. The molecule has 1 aliphatic heterocycles. The fourth-order valence-corrected chi connectivity index (χ4v) is 3.21. The van der Waals surface area contributed by atoms with Crippen molar-refractivity contribution in [2.45, 2.75) is 18.8 Å². The molecule has 0 fully saturated rings. The number of hydrogen-bond donors (Lipinski definition) is 0. The van der Waals surface area contributed by atoms with Crippen LogP contribution in [-0.4, -0.2) is 19.7 Å². The van der Waals surface area contributed by atoms with Gasteiger partial charge in [0.15, 0.2) is 0 Å². The third-order valence-corrected chi connectivity index (χ3v) is 4.58. The van der Waals surface area contributed by atoms with Gasteiger partial charge < -0.3 is 9.47 Å². The van der Waals surface area contributed by atoms with E-state index in [2.05, 4.69) is 12.1 Å². The molecule has 1 aliphatic rings. The summed E-state index contributed by atoms with van der Waals surface area (Å²) in [5.74, 6) is 0.658. The van der Waals surface area contributed by atoms with Gasteiger partial charge in [-0.2, -0.15) is 0 Å². The molecule has 0 N–H and O–H groups in total. The van der Waals surface area contributed by atoms with Crippen molar-refractivity contribution in [1.82, 2.24) is 0 Å². The lowest BCUT2D eigenvalue weighted by atomic mass is 9.86. The highest BCUT2D eigenvalue weighted by atomic mass is 35.5. The smallest absolute Gasteiger partial charge is 0.337 e. The Labute approximate surface area is 146 Å². The van der Waals surface area contributed by atoms with Gasteiger partial charge in [-0.1, -0.05) is 41.9 Å².